The highest BCUT2D eigenvalue weighted by molar-refractivity contribution is 7.45. The third-order valence-corrected chi connectivity index (χ3v) is 15.4. The number of allylic oxidation sites excluding steroid dienone is 14. The minimum atomic E-state index is -4.64. The summed E-state index contributed by atoms with van der Waals surface area (Å²) in [6.07, 6.45) is 82.2. The number of carbonyl (C=O) groups is 2. The standard InChI is InChI=1S/C70H126NO8P/c1-6-8-10-12-14-16-18-20-22-24-26-28-30-32-33-34-35-36-37-39-41-43-45-47-49-51-53-55-57-59-61-63-70(73)79-68(67-78-80(74,75)77-65-64-71(3,4)5)66-76-69(72)62-60-58-56-54-52-50-48-46-44-42-40-38-31-29-27-25-23-21-19-17-15-13-11-9-7-2/h8,10,14,16,20,22,26,28,32-33,35-36,39,41,68H,6-7,9,11-13,15,17-19,21,23-25,27,29-31,34,37-38,40,42-67H2,1-5H3/b10-8-,16-14-,22-20-,28-26-,33-32-,36-35-,41-39-. The number of hydrogen-bond acceptors (Lipinski definition) is 8. The first-order valence-electron chi connectivity index (χ1n) is 33.3. The molecule has 0 bridgehead atoms. The van der Waals surface area contributed by atoms with Crippen LogP contribution >= 0.6 is 7.82 Å². The van der Waals surface area contributed by atoms with Crippen molar-refractivity contribution < 1.29 is 42.1 Å². The van der Waals surface area contributed by atoms with Crippen molar-refractivity contribution in [2.75, 3.05) is 47.5 Å². The molecule has 0 aliphatic carbocycles. The molecule has 0 heterocycles. The molecule has 0 aliphatic rings. The topological polar surface area (TPSA) is 111 Å². The normalized spacial score (nSPS) is 13.7. The summed E-state index contributed by atoms with van der Waals surface area (Å²) in [5, 5.41) is 0. The Bertz CT molecular complexity index is 1630. The van der Waals surface area contributed by atoms with Crippen LogP contribution in [0.5, 0.6) is 0 Å². The lowest BCUT2D eigenvalue weighted by atomic mass is 10.0. The van der Waals surface area contributed by atoms with Gasteiger partial charge in [-0.1, -0.05) is 298 Å². The lowest BCUT2D eigenvalue weighted by Crippen LogP contribution is -2.37. The van der Waals surface area contributed by atoms with Crippen LogP contribution in [0.15, 0.2) is 85.1 Å². The molecule has 464 valence electrons. The monoisotopic (exact) mass is 1140 g/mol. The van der Waals surface area contributed by atoms with E-state index in [1.165, 1.54) is 173 Å². The molecule has 9 nitrogen and oxygen atoms in total. The molecule has 0 fully saturated rings. The molecule has 2 atom stereocenters. The largest absolute Gasteiger partial charge is 0.756 e. The molecule has 2 unspecified atom stereocenters. The number of rotatable bonds is 61. The summed E-state index contributed by atoms with van der Waals surface area (Å²) >= 11 is 0. The lowest BCUT2D eigenvalue weighted by molar-refractivity contribution is -0.870. The fourth-order valence-electron chi connectivity index (χ4n) is 9.35. The van der Waals surface area contributed by atoms with Gasteiger partial charge >= 0.3 is 11.9 Å². The Morgan fingerprint density at radius 1 is 0.400 bits per heavy atom. The average Bonchev–Trinajstić information content (AvgIpc) is 3.42. The molecule has 0 aromatic rings. The fraction of sp³-hybridized carbons (Fsp3) is 0.771. The van der Waals surface area contributed by atoms with Gasteiger partial charge in [0.15, 0.2) is 6.10 Å². The van der Waals surface area contributed by atoms with Crippen LogP contribution in [0.1, 0.15) is 296 Å². The van der Waals surface area contributed by atoms with Gasteiger partial charge in [-0.2, -0.15) is 0 Å². The zero-order valence-corrected chi connectivity index (χ0v) is 53.7. The molecule has 0 spiro atoms. The molecule has 0 radical (unpaired) electrons. The predicted octanol–water partition coefficient (Wildman–Crippen LogP) is 20.7. The smallest absolute Gasteiger partial charge is 0.306 e. The Morgan fingerprint density at radius 2 is 0.713 bits per heavy atom. The summed E-state index contributed by atoms with van der Waals surface area (Å²) in [5.41, 5.74) is 0. The van der Waals surface area contributed by atoms with Crippen LogP contribution in [0.4, 0.5) is 0 Å². The van der Waals surface area contributed by atoms with Crippen molar-refractivity contribution >= 4 is 19.8 Å². The van der Waals surface area contributed by atoms with Gasteiger partial charge < -0.3 is 27.9 Å². The van der Waals surface area contributed by atoms with Gasteiger partial charge in [-0.3, -0.25) is 14.2 Å². The molecule has 0 rings (SSSR count). The molecule has 0 aliphatic heterocycles. The van der Waals surface area contributed by atoms with Crippen molar-refractivity contribution in [3.8, 4) is 0 Å². The summed E-state index contributed by atoms with van der Waals surface area (Å²) in [5.74, 6) is -0.831. The van der Waals surface area contributed by atoms with Gasteiger partial charge in [0.2, 0.25) is 0 Å². The van der Waals surface area contributed by atoms with Crippen LogP contribution in [0.3, 0.4) is 0 Å². The summed E-state index contributed by atoms with van der Waals surface area (Å²) in [6.45, 7) is 4.16. The Labute approximate surface area is 494 Å². The summed E-state index contributed by atoms with van der Waals surface area (Å²) < 4.78 is 34.3. The first-order valence-corrected chi connectivity index (χ1v) is 34.8. The number of nitrogens with zero attached hydrogens (tertiary/aromatic N) is 1. The van der Waals surface area contributed by atoms with Gasteiger partial charge in [0, 0.05) is 12.8 Å². The Morgan fingerprint density at radius 3 is 1.06 bits per heavy atom. The number of esters is 2. The number of likely N-dealkylation sites (N-methyl/N-ethyl adjacent to an activating group) is 1. The van der Waals surface area contributed by atoms with E-state index in [0.717, 1.165) is 89.9 Å². The van der Waals surface area contributed by atoms with Crippen LogP contribution < -0.4 is 4.89 Å². The van der Waals surface area contributed by atoms with E-state index in [-0.39, 0.29) is 32.0 Å². The molecular weight excluding hydrogens is 1010 g/mol. The third kappa shape index (κ3) is 64.4. The first-order chi connectivity index (χ1) is 39.0. The van der Waals surface area contributed by atoms with E-state index in [1.807, 2.05) is 21.1 Å². The molecule has 0 aromatic heterocycles. The highest BCUT2D eigenvalue weighted by atomic mass is 31.2. The van der Waals surface area contributed by atoms with Crippen LogP contribution in [0.25, 0.3) is 0 Å². The second-order valence-electron chi connectivity index (χ2n) is 23.5. The average molecular weight is 1140 g/mol. The molecular formula is C70H126NO8P. The SMILES string of the molecule is CC/C=C\C/C=C\C/C=C\C/C=C\C/C=C\C/C=C\C/C=C\CCCCCCCCCCCC(=O)OC(COC(=O)CCCCCCCCCCCCCCCCCCCCCCCCCCC)COP(=O)([O-])OCC[N+](C)(C)C. The molecule has 0 aromatic carbocycles. The van der Waals surface area contributed by atoms with Gasteiger partial charge in [-0.05, 0) is 70.6 Å². The van der Waals surface area contributed by atoms with Crippen LogP contribution in [-0.4, -0.2) is 70.0 Å². The van der Waals surface area contributed by atoms with Crippen molar-refractivity contribution in [1.29, 1.82) is 0 Å². The molecule has 10 heteroatoms. The quantitative estimate of drug-likeness (QED) is 0.0195. The Kier molecular flexibility index (Phi) is 58.6. The second-order valence-corrected chi connectivity index (χ2v) is 24.9. The highest BCUT2D eigenvalue weighted by Gasteiger charge is 2.22. The second kappa shape index (κ2) is 60.8. The van der Waals surface area contributed by atoms with E-state index in [0.29, 0.717) is 17.4 Å². The lowest BCUT2D eigenvalue weighted by Gasteiger charge is -2.28. The molecule has 0 saturated carbocycles. The van der Waals surface area contributed by atoms with E-state index in [9.17, 15) is 19.0 Å². The molecule has 0 saturated heterocycles. The zero-order valence-electron chi connectivity index (χ0n) is 52.8. The van der Waals surface area contributed by atoms with Gasteiger partial charge in [0.1, 0.15) is 19.8 Å². The van der Waals surface area contributed by atoms with Crippen LogP contribution in [0.2, 0.25) is 0 Å². The maximum atomic E-state index is 12.8. The number of carbonyl (C=O) groups excluding carboxylic acids is 2. The van der Waals surface area contributed by atoms with Crippen molar-refractivity contribution in [3.05, 3.63) is 85.1 Å². The fourth-order valence-corrected chi connectivity index (χ4v) is 10.1. The highest BCUT2D eigenvalue weighted by Crippen LogP contribution is 2.38. The van der Waals surface area contributed by atoms with Gasteiger partial charge in [0.25, 0.3) is 7.82 Å². The number of ether oxygens (including phenoxy) is 2. The maximum Gasteiger partial charge on any atom is 0.306 e. The minimum Gasteiger partial charge on any atom is -0.756 e. The van der Waals surface area contributed by atoms with E-state index >= 15 is 0 Å². The van der Waals surface area contributed by atoms with Crippen molar-refractivity contribution in [2.24, 2.45) is 0 Å². The summed E-state index contributed by atoms with van der Waals surface area (Å²) in [6, 6.07) is 0. The number of quaternary nitrogens is 1. The Balaban J connectivity index is 4.11. The number of hydrogen-bond donors (Lipinski definition) is 0. The van der Waals surface area contributed by atoms with Crippen molar-refractivity contribution in [2.45, 2.75) is 302 Å². The van der Waals surface area contributed by atoms with Crippen LogP contribution in [0, 0.1) is 0 Å². The number of phosphoric acid groups is 1. The summed E-state index contributed by atoms with van der Waals surface area (Å²) in [4.78, 5) is 38.0. The van der Waals surface area contributed by atoms with Crippen molar-refractivity contribution in [3.63, 3.8) is 0 Å². The molecule has 0 amide bonds. The Hall–Kier alpha value is -2.81. The first kappa shape index (κ1) is 77.2. The van der Waals surface area contributed by atoms with Gasteiger partial charge in [-0.25, -0.2) is 0 Å². The van der Waals surface area contributed by atoms with E-state index < -0.39 is 26.5 Å². The number of phosphoric ester groups is 1. The molecule has 0 N–H and O–H groups in total. The van der Waals surface area contributed by atoms with Crippen molar-refractivity contribution in [1.82, 2.24) is 0 Å². The van der Waals surface area contributed by atoms with E-state index in [4.69, 9.17) is 18.5 Å². The molecule has 80 heavy (non-hydrogen) atoms. The predicted molar refractivity (Wildman–Crippen MR) is 342 cm³/mol. The van der Waals surface area contributed by atoms with E-state index in [1.54, 1.807) is 0 Å². The zero-order chi connectivity index (χ0) is 58.4. The minimum absolute atomic E-state index is 0.0340. The summed E-state index contributed by atoms with van der Waals surface area (Å²) in [7, 11) is 1.16. The maximum absolute atomic E-state index is 12.8. The third-order valence-electron chi connectivity index (χ3n) is 14.4. The van der Waals surface area contributed by atoms with E-state index in [2.05, 4.69) is 98.9 Å². The number of unbranched alkanes of at least 4 members (excludes halogenated alkanes) is 33. The van der Waals surface area contributed by atoms with Crippen LogP contribution in [-0.2, 0) is 32.7 Å². The van der Waals surface area contributed by atoms with Gasteiger partial charge in [0.05, 0.1) is 27.7 Å². The van der Waals surface area contributed by atoms with Gasteiger partial charge in [-0.15, -0.1) is 0 Å².